The van der Waals surface area contributed by atoms with Crippen molar-refractivity contribution >= 4 is 71.8 Å². The predicted octanol–water partition coefficient (Wildman–Crippen LogP) is -0.521. The third-order valence-corrected chi connectivity index (χ3v) is 11.8. The molecule has 0 bridgehead atoms. The average Bonchev–Trinajstić information content (AvgIpc) is 3.21. The number of hydrogen-bond donors (Lipinski definition) is 6. The molecule has 6 N–H and O–H groups in total. The van der Waals surface area contributed by atoms with E-state index in [1.165, 1.54) is 58.0 Å². The van der Waals surface area contributed by atoms with E-state index in [1.807, 2.05) is 0 Å². The Morgan fingerprint density at radius 3 is 2.37 bits per heavy atom. The zero-order valence-electron chi connectivity index (χ0n) is 29.9. The molecule has 2 fully saturated rings. The van der Waals surface area contributed by atoms with Crippen LogP contribution < -0.4 is 20.7 Å². The van der Waals surface area contributed by atoms with Crippen molar-refractivity contribution in [2.45, 2.75) is 28.9 Å². The number of carboxylic acids is 1. The monoisotopic (exact) mass is 819 g/mol. The van der Waals surface area contributed by atoms with Crippen LogP contribution >= 0.6 is 23.5 Å². The van der Waals surface area contributed by atoms with Crippen LogP contribution in [0.3, 0.4) is 0 Å². The Kier molecular flexibility index (Phi) is 11.7. The second kappa shape index (κ2) is 16.6. The zero-order chi connectivity index (χ0) is 41.0. The summed E-state index contributed by atoms with van der Waals surface area (Å²) in [6, 6.07) is 13.1. The number of hydrazine groups is 1. The van der Waals surface area contributed by atoms with Gasteiger partial charge < -0.3 is 30.9 Å². The van der Waals surface area contributed by atoms with Gasteiger partial charge in [-0.15, -0.1) is 28.9 Å². The number of benzene rings is 2. The minimum absolute atomic E-state index is 0.0739. The van der Waals surface area contributed by atoms with E-state index in [1.54, 1.807) is 37.3 Å². The molecule has 2 aromatic carbocycles. The molecule has 4 heterocycles. The number of aromatic hydroxyl groups is 2. The molecule has 0 spiro atoms. The molecule has 0 unspecified atom stereocenters. The number of carbonyl (C=O) groups is 8. The van der Waals surface area contributed by atoms with Crippen LogP contribution in [0, 0.1) is 0 Å². The van der Waals surface area contributed by atoms with Crippen LogP contribution in [0.5, 0.6) is 11.5 Å². The molecule has 0 aliphatic carbocycles. The normalized spacial score (nSPS) is 19.6. The maximum Gasteiger partial charge on any atom is 0.352 e. The second-order valence-corrected chi connectivity index (χ2v) is 14.8. The molecule has 1 aromatic heterocycles. The van der Waals surface area contributed by atoms with Crippen LogP contribution in [-0.2, 0) is 33.6 Å². The van der Waals surface area contributed by atoms with E-state index < -0.39 is 58.3 Å². The van der Waals surface area contributed by atoms with Gasteiger partial charge in [0.05, 0.1) is 6.54 Å². The molecule has 3 atom stereocenters. The first-order valence-electron chi connectivity index (χ1n) is 17.2. The maximum absolute atomic E-state index is 14.3. The fourth-order valence-electron chi connectivity index (χ4n) is 6.47. The number of amides is 7. The Bertz CT molecular complexity index is 2170. The lowest BCUT2D eigenvalue weighted by atomic mass is 9.94. The molecule has 3 aromatic rings. The summed E-state index contributed by atoms with van der Waals surface area (Å²) in [4.78, 5) is 107. The molecule has 2 saturated heterocycles. The van der Waals surface area contributed by atoms with Gasteiger partial charge in [-0.05, 0) is 36.3 Å². The van der Waals surface area contributed by atoms with Gasteiger partial charge in [-0.25, -0.2) is 14.8 Å². The number of piperazine rings is 1. The van der Waals surface area contributed by atoms with Crippen molar-refractivity contribution in [1.82, 2.24) is 30.5 Å². The summed E-state index contributed by atoms with van der Waals surface area (Å²) >= 11 is 2.33. The van der Waals surface area contributed by atoms with Gasteiger partial charge in [0.25, 0.3) is 11.8 Å². The lowest BCUT2D eigenvalue weighted by Gasteiger charge is -2.56. The number of fused-ring (bicyclic) bond motifs is 1. The first-order chi connectivity index (χ1) is 27.3. The molecular weight excluding hydrogens is 785 g/mol. The molecule has 57 heavy (non-hydrogen) atoms. The van der Waals surface area contributed by atoms with E-state index in [-0.39, 0.29) is 66.5 Å². The highest BCUT2D eigenvalue weighted by Crippen LogP contribution is 2.46. The molecule has 6 rings (SSSR count). The Morgan fingerprint density at radius 2 is 1.74 bits per heavy atom. The van der Waals surface area contributed by atoms with Gasteiger partial charge in [0.15, 0.2) is 17.5 Å². The van der Waals surface area contributed by atoms with Gasteiger partial charge in [0.1, 0.15) is 11.1 Å². The van der Waals surface area contributed by atoms with Gasteiger partial charge in [-0.2, -0.15) is 0 Å². The second-order valence-electron chi connectivity index (χ2n) is 12.6. The predicted molar refractivity (Wildman–Crippen MR) is 200 cm³/mol. The first kappa shape index (κ1) is 40.1. The number of phenolic OH excluding ortho intramolecular Hbond substituents is 2. The number of likely N-dealkylation sites (N-methyl/N-ethyl adjacent to an activating group) is 1. The molecule has 3 aliphatic rings. The third kappa shape index (κ3) is 7.65. The molecule has 3 aliphatic heterocycles. The van der Waals surface area contributed by atoms with Crippen molar-refractivity contribution in [3.05, 3.63) is 95.5 Å². The number of carbonyl (C=O) groups excluding carboxylic acids is 7. The summed E-state index contributed by atoms with van der Waals surface area (Å²) in [7, 11) is 0. The standard InChI is InChI=1S/C36H34N8O11S2/c1-2-40-14-15-42(32(52)31(40)51)43(20-46)27(21-6-4-3-5-7-21)30(50)38-36(37-19-45)34(55)44-28(33(53)54)23(18-57-35(36)44)17-56-24-10-12-41(13-11-24)39-29(49)22-8-9-25(47)26(48)16-22/h3-13,16,19-20,27,35H,2,14-15,17-18H2,1H3,(H5-,37,38,39,45,47,48,49,50,51,52,53,54)/p+1/t27-,35-,36-/m1/s1. The van der Waals surface area contributed by atoms with Crippen molar-refractivity contribution in [3.63, 3.8) is 0 Å². The fourth-order valence-corrected chi connectivity index (χ4v) is 8.92. The van der Waals surface area contributed by atoms with E-state index >= 15 is 0 Å². The number of aromatic nitrogens is 1. The van der Waals surface area contributed by atoms with Crippen LogP contribution in [0.25, 0.3) is 0 Å². The molecule has 0 radical (unpaired) electrons. The van der Waals surface area contributed by atoms with E-state index in [4.69, 9.17) is 0 Å². The number of β-lactam (4-membered cyclic amide) rings is 1. The van der Waals surface area contributed by atoms with Crippen LogP contribution in [0.2, 0.25) is 0 Å². The summed E-state index contributed by atoms with van der Waals surface area (Å²) in [5.41, 5.74) is 0.777. The summed E-state index contributed by atoms with van der Waals surface area (Å²) in [5.74, 6) is -6.51. The molecule has 0 saturated carbocycles. The van der Waals surface area contributed by atoms with Gasteiger partial charge in [0.2, 0.25) is 30.9 Å². The lowest BCUT2D eigenvalue weighted by molar-refractivity contribution is -0.641. The average molecular weight is 820 g/mol. The van der Waals surface area contributed by atoms with Crippen molar-refractivity contribution < 1.29 is 58.4 Å². The largest absolute Gasteiger partial charge is 0.504 e. The topological polar surface area (TPSA) is 250 Å². The minimum atomic E-state index is -2.15. The maximum atomic E-state index is 14.3. The summed E-state index contributed by atoms with van der Waals surface area (Å²) < 4.78 is 1.35. The van der Waals surface area contributed by atoms with Gasteiger partial charge in [0, 0.05) is 47.2 Å². The number of phenols is 2. The highest BCUT2D eigenvalue weighted by Gasteiger charge is 2.66. The summed E-state index contributed by atoms with van der Waals surface area (Å²) in [6.45, 7) is 1.90. The van der Waals surface area contributed by atoms with Crippen molar-refractivity contribution in [2.75, 3.05) is 36.6 Å². The van der Waals surface area contributed by atoms with Gasteiger partial charge >= 0.3 is 23.7 Å². The number of carboxylic acid groups (broad SMARTS) is 1. The van der Waals surface area contributed by atoms with Crippen LogP contribution in [0.15, 0.2) is 89.2 Å². The van der Waals surface area contributed by atoms with Crippen molar-refractivity contribution in [2.24, 2.45) is 0 Å². The fraction of sp³-hybridized carbons (Fsp3) is 0.250. The zero-order valence-corrected chi connectivity index (χ0v) is 31.6. The lowest BCUT2D eigenvalue weighted by Crippen LogP contribution is -2.85. The van der Waals surface area contributed by atoms with Crippen LogP contribution in [0.4, 0.5) is 0 Å². The number of aliphatic carboxylic acids is 1. The summed E-state index contributed by atoms with van der Waals surface area (Å²) in [5, 5.41) is 34.9. The molecule has 19 nitrogen and oxygen atoms in total. The number of thioether (sulfide) groups is 2. The number of pyridine rings is 1. The van der Waals surface area contributed by atoms with Crippen LogP contribution in [0.1, 0.15) is 28.9 Å². The molecule has 21 heteroatoms. The van der Waals surface area contributed by atoms with Crippen molar-refractivity contribution in [1.29, 1.82) is 0 Å². The Hall–Kier alpha value is -6.61. The van der Waals surface area contributed by atoms with Crippen molar-refractivity contribution in [3.8, 4) is 11.5 Å². The van der Waals surface area contributed by atoms with E-state index in [2.05, 4.69) is 16.1 Å². The third-order valence-electron chi connectivity index (χ3n) is 9.32. The minimum Gasteiger partial charge on any atom is -0.504 e. The number of hydrogen-bond acceptors (Lipinski definition) is 12. The molecular formula is C36H35N8O11S2+. The highest BCUT2D eigenvalue weighted by molar-refractivity contribution is 8.01. The van der Waals surface area contributed by atoms with E-state index in [0.29, 0.717) is 10.5 Å². The number of rotatable bonds is 15. The van der Waals surface area contributed by atoms with E-state index in [0.717, 1.165) is 32.7 Å². The summed E-state index contributed by atoms with van der Waals surface area (Å²) in [6.07, 6.45) is 3.47. The Labute approximate surface area is 332 Å². The van der Waals surface area contributed by atoms with Gasteiger partial charge in [-0.3, -0.25) is 38.5 Å². The highest BCUT2D eigenvalue weighted by atomic mass is 32.2. The molecule has 7 amide bonds. The quantitative estimate of drug-likeness (QED) is 0.0215. The Balaban J connectivity index is 1.20. The van der Waals surface area contributed by atoms with E-state index in [9.17, 15) is 53.7 Å². The number of nitrogens with one attached hydrogen (secondary N) is 3. The first-order valence-corrected chi connectivity index (χ1v) is 19.2. The van der Waals surface area contributed by atoms with Crippen LogP contribution in [-0.4, -0.2) is 126 Å². The SMILES string of the molecule is CCN1CCN(N(C=O)[C@@H](C(=O)N[C@]2(NC=O)C(=O)N3C(C(=O)O)=C(CSc4cc[n+](NC(=O)c5ccc(O)c(O)c5)cc4)CS[C@@H]32)c2ccccc2)C(=O)C1=O. The smallest absolute Gasteiger partial charge is 0.352 e. The Morgan fingerprint density at radius 1 is 1.02 bits per heavy atom. The molecule has 296 valence electrons. The number of nitrogens with zero attached hydrogens (tertiary/aromatic N) is 5. The van der Waals surface area contributed by atoms with Gasteiger partial charge in [-0.1, -0.05) is 35.0 Å².